The van der Waals surface area contributed by atoms with Gasteiger partial charge >= 0.3 is 0 Å². The third kappa shape index (κ3) is 3.04. The monoisotopic (exact) mass is 298 g/mol. The summed E-state index contributed by atoms with van der Waals surface area (Å²) in [5.41, 5.74) is 2.48. The van der Waals surface area contributed by atoms with Crippen molar-refractivity contribution < 1.29 is 4.79 Å². The van der Waals surface area contributed by atoms with Crippen LogP contribution in [0, 0.1) is 6.92 Å². The number of carbonyl (C=O) groups is 1. The highest BCUT2D eigenvalue weighted by Crippen LogP contribution is 2.15. The number of piperidine rings is 1. The highest BCUT2D eigenvalue weighted by molar-refractivity contribution is 5.95. The van der Waals surface area contributed by atoms with Crippen LogP contribution in [-0.2, 0) is 0 Å². The molecule has 5 nitrogen and oxygen atoms in total. The minimum atomic E-state index is -0.0289. The van der Waals surface area contributed by atoms with Crippen molar-refractivity contribution in [3.63, 3.8) is 0 Å². The Morgan fingerprint density at radius 3 is 2.86 bits per heavy atom. The first kappa shape index (κ1) is 14.8. The molecule has 1 saturated heterocycles. The van der Waals surface area contributed by atoms with E-state index in [1.54, 1.807) is 10.9 Å². The summed E-state index contributed by atoms with van der Waals surface area (Å²) in [4.78, 5) is 12.5. The first-order valence-corrected chi connectivity index (χ1v) is 7.79. The summed E-state index contributed by atoms with van der Waals surface area (Å²) in [6.45, 7) is 5.03. The largest absolute Gasteiger partial charge is 0.349 e. The number of nitrogens with one attached hydrogen (secondary N) is 2. The Labute approximate surface area is 130 Å². The van der Waals surface area contributed by atoms with Gasteiger partial charge in [0.1, 0.15) is 0 Å². The molecule has 2 N–H and O–H groups in total. The minimum Gasteiger partial charge on any atom is -0.349 e. The van der Waals surface area contributed by atoms with Gasteiger partial charge in [0.15, 0.2) is 0 Å². The van der Waals surface area contributed by atoms with E-state index in [2.05, 4.69) is 22.7 Å². The van der Waals surface area contributed by atoms with Crippen LogP contribution < -0.4 is 10.6 Å². The number of hydrogen-bond acceptors (Lipinski definition) is 3. The van der Waals surface area contributed by atoms with Gasteiger partial charge in [-0.1, -0.05) is 18.2 Å². The Morgan fingerprint density at radius 2 is 2.14 bits per heavy atom. The van der Waals surface area contributed by atoms with Crippen molar-refractivity contribution >= 4 is 5.91 Å². The van der Waals surface area contributed by atoms with E-state index < -0.39 is 0 Å². The van der Waals surface area contributed by atoms with Crippen molar-refractivity contribution in [2.45, 2.75) is 38.8 Å². The number of para-hydroxylation sites is 1. The van der Waals surface area contributed by atoms with Crippen LogP contribution in [0.3, 0.4) is 0 Å². The van der Waals surface area contributed by atoms with Crippen LogP contribution in [0.5, 0.6) is 0 Å². The van der Waals surface area contributed by atoms with Gasteiger partial charge in [0.05, 0.1) is 23.1 Å². The van der Waals surface area contributed by atoms with Gasteiger partial charge in [-0.05, 0) is 45.4 Å². The second-order valence-electron chi connectivity index (χ2n) is 5.94. The molecule has 0 bridgehead atoms. The molecule has 0 saturated carbocycles. The van der Waals surface area contributed by atoms with Crippen LogP contribution in [0.2, 0.25) is 0 Å². The average Bonchev–Trinajstić information content (AvgIpc) is 2.90. The normalized spacial score (nSPS) is 21.5. The molecule has 2 atom stereocenters. The van der Waals surface area contributed by atoms with E-state index in [4.69, 9.17) is 0 Å². The van der Waals surface area contributed by atoms with Crippen LogP contribution in [0.4, 0.5) is 0 Å². The van der Waals surface area contributed by atoms with E-state index in [-0.39, 0.29) is 11.9 Å². The number of nitrogens with zero attached hydrogens (tertiary/aromatic N) is 2. The molecule has 0 spiro atoms. The van der Waals surface area contributed by atoms with Gasteiger partial charge in [0.25, 0.3) is 5.91 Å². The number of hydrogen-bond donors (Lipinski definition) is 2. The maximum atomic E-state index is 12.5. The Hall–Kier alpha value is -2.14. The standard InChI is InChI=1S/C17H22N4O/c1-12-10-14(8-9-18-12)20-17(22)16-11-19-21(13(16)2)15-6-4-3-5-7-15/h3-7,11-12,14,18H,8-10H2,1-2H3,(H,20,22). The summed E-state index contributed by atoms with van der Waals surface area (Å²) in [7, 11) is 0. The molecule has 116 valence electrons. The summed E-state index contributed by atoms with van der Waals surface area (Å²) in [5, 5.41) is 10.9. The molecule has 0 radical (unpaired) electrons. The molecule has 1 fully saturated rings. The van der Waals surface area contributed by atoms with Gasteiger partial charge in [-0.3, -0.25) is 4.79 Å². The molecule has 22 heavy (non-hydrogen) atoms. The molecular weight excluding hydrogens is 276 g/mol. The van der Waals surface area contributed by atoms with Crippen molar-refractivity contribution in [3.8, 4) is 5.69 Å². The first-order chi connectivity index (χ1) is 10.6. The zero-order valence-electron chi connectivity index (χ0n) is 13.0. The van der Waals surface area contributed by atoms with Gasteiger partial charge in [-0.25, -0.2) is 4.68 Å². The quantitative estimate of drug-likeness (QED) is 0.912. The molecule has 0 aliphatic carbocycles. The van der Waals surface area contributed by atoms with Crippen LogP contribution in [0.1, 0.15) is 35.8 Å². The van der Waals surface area contributed by atoms with E-state index in [0.29, 0.717) is 11.6 Å². The number of carbonyl (C=O) groups excluding carboxylic acids is 1. The predicted octanol–water partition coefficient (Wildman–Crippen LogP) is 2.05. The molecule has 2 unspecified atom stereocenters. The highest BCUT2D eigenvalue weighted by atomic mass is 16.1. The zero-order valence-corrected chi connectivity index (χ0v) is 13.0. The summed E-state index contributed by atoms with van der Waals surface area (Å²) in [6, 6.07) is 10.6. The fraction of sp³-hybridized carbons (Fsp3) is 0.412. The molecule has 2 heterocycles. The van der Waals surface area contributed by atoms with Crippen molar-refractivity contribution in [3.05, 3.63) is 47.8 Å². The Kier molecular flexibility index (Phi) is 4.24. The second-order valence-corrected chi connectivity index (χ2v) is 5.94. The number of rotatable bonds is 3. The van der Waals surface area contributed by atoms with Gasteiger partial charge < -0.3 is 10.6 Å². The fourth-order valence-electron chi connectivity index (χ4n) is 2.99. The van der Waals surface area contributed by atoms with Gasteiger partial charge in [-0.15, -0.1) is 0 Å². The van der Waals surface area contributed by atoms with E-state index in [1.807, 2.05) is 37.3 Å². The lowest BCUT2D eigenvalue weighted by molar-refractivity contribution is 0.0925. The third-order valence-corrected chi connectivity index (χ3v) is 4.21. The maximum Gasteiger partial charge on any atom is 0.254 e. The number of aromatic nitrogens is 2. The van der Waals surface area contributed by atoms with Crippen molar-refractivity contribution in [1.82, 2.24) is 20.4 Å². The minimum absolute atomic E-state index is 0.0289. The molecule has 1 aliphatic heterocycles. The van der Waals surface area contributed by atoms with E-state index in [9.17, 15) is 4.79 Å². The molecule has 1 amide bonds. The topological polar surface area (TPSA) is 59.0 Å². The van der Waals surface area contributed by atoms with Crippen LogP contribution in [0.15, 0.2) is 36.5 Å². The predicted molar refractivity (Wildman–Crippen MR) is 86.3 cm³/mol. The van der Waals surface area contributed by atoms with Gasteiger partial charge in [-0.2, -0.15) is 5.10 Å². The average molecular weight is 298 g/mol. The van der Waals surface area contributed by atoms with Crippen molar-refractivity contribution in [1.29, 1.82) is 0 Å². The lowest BCUT2D eigenvalue weighted by atomic mass is 10.0. The first-order valence-electron chi connectivity index (χ1n) is 7.79. The SMILES string of the molecule is Cc1c(C(=O)NC2CCNC(C)C2)cnn1-c1ccccc1. The van der Waals surface area contributed by atoms with Crippen molar-refractivity contribution in [2.24, 2.45) is 0 Å². The second kappa shape index (κ2) is 6.32. The summed E-state index contributed by atoms with van der Waals surface area (Å²) < 4.78 is 1.81. The third-order valence-electron chi connectivity index (χ3n) is 4.21. The Balaban J connectivity index is 1.75. The van der Waals surface area contributed by atoms with Gasteiger partial charge in [0, 0.05) is 12.1 Å². The summed E-state index contributed by atoms with van der Waals surface area (Å²) in [6.07, 6.45) is 3.60. The van der Waals surface area contributed by atoms with Crippen molar-refractivity contribution in [2.75, 3.05) is 6.54 Å². The van der Waals surface area contributed by atoms with E-state index >= 15 is 0 Å². The number of benzene rings is 1. The van der Waals surface area contributed by atoms with Crippen LogP contribution >= 0.6 is 0 Å². The maximum absolute atomic E-state index is 12.5. The molecule has 1 aromatic heterocycles. The Bertz CT molecular complexity index is 650. The Morgan fingerprint density at radius 1 is 1.36 bits per heavy atom. The summed E-state index contributed by atoms with van der Waals surface area (Å²) in [5.74, 6) is -0.0289. The number of amides is 1. The summed E-state index contributed by atoms with van der Waals surface area (Å²) >= 11 is 0. The van der Waals surface area contributed by atoms with E-state index in [0.717, 1.165) is 30.8 Å². The molecular formula is C17H22N4O. The molecule has 5 heteroatoms. The smallest absolute Gasteiger partial charge is 0.254 e. The zero-order chi connectivity index (χ0) is 15.5. The molecule has 1 aliphatic rings. The fourth-order valence-corrected chi connectivity index (χ4v) is 2.99. The molecule has 1 aromatic carbocycles. The molecule has 3 rings (SSSR count). The van der Waals surface area contributed by atoms with Crippen LogP contribution in [0.25, 0.3) is 5.69 Å². The van der Waals surface area contributed by atoms with E-state index in [1.165, 1.54) is 0 Å². The molecule has 2 aromatic rings. The van der Waals surface area contributed by atoms with Gasteiger partial charge in [0.2, 0.25) is 0 Å². The lowest BCUT2D eigenvalue weighted by Gasteiger charge is -2.28. The van der Waals surface area contributed by atoms with Crippen LogP contribution in [-0.4, -0.2) is 34.3 Å². The highest BCUT2D eigenvalue weighted by Gasteiger charge is 2.22. The lowest BCUT2D eigenvalue weighted by Crippen LogP contribution is -2.46.